The summed E-state index contributed by atoms with van der Waals surface area (Å²) in [7, 11) is 0. The molecule has 3 rings (SSSR count). The third-order valence-corrected chi connectivity index (χ3v) is 4.61. The van der Waals surface area contributed by atoms with Crippen LogP contribution >= 0.6 is 0 Å². The smallest absolute Gasteiger partial charge is 0.241 e. The number of hydrazone groups is 1. The lowest BCUT2D eigenvalue weighted by Crippen LogP contribution is -2.33. The molecule has 1 aliphatic carbocycles. The van der Waals surface area contributed by atoms with Gasteiger partial charge in [0.25, 0.3) is 0 Å². The molecule has 1 aromatic rings. The standard InChI is InChI=1S/C18H25N3O/c22-18(11-14-21-12-4-1-5-13-21)20-19-17-10-6-8-15-7-2-3-9-16(15)17/h2-3,7,9H,1,4-6,8,10-14H2,(H,20,22)/b19-17+. The van der Waals surface area contributed by atoms with E-state index in [0.717, 1.165) is 44.6 Å². The van der Waals surface area contributed by atoms with E-state index in [2.05, 4.69) is 33.6 Å². The number of fused-ring (bicyclic) bond motifs is 1. The Morgan fingerprint density at radius 1 is 1.09 bits per heavy atom. The van der Waals surface area contributed by atoms with Crippen molar-refractivity contribution >= 4 is 11.6 Å². The van der Waals surface area contributed by atoms with Crippen LogP contribution in [0.4, 0.5) is 0 Å². The molecule has 0 saturated carbocycles. The number of hydrogen-bond acceptors (Lipinski definition) is 3. The highest BCUT2D eigenvalue weighted by molar-refractivity contribution is 6.03. The van der Waals surface area contributed by atoms with E-state index >= 15 is 0 Å². The Labute approximate surface area is 132 Å². The number of rotatable bonds is 4. The van der Waals surface area contributed by atoms with Crippen LogP contribution in [0.1, 0.15) is 49.7 Å². The van der Waals surface area contributed by atoms with E-state index < -0.39 is 0 Å². The number of hydrogen-bond donors (Lipinski definition) is 1. The number of nitrogens with one attached hydrogen (secondary N) is 1. The van der Waals surface area contributed by atoms with E-state index in [1.165, 1.54) is 30.4 Å². The highest BCUT2D eigenvalue weighted by atomic mass is 16.2. The number of carbonyl (C=O) groups excluding carboxylic acids is 1. The lowest BCUT2D eigenvalue weighted by atomic mass is 9.90. The topological polar surface area (TPSA) is 44.7 Å². The Morgan fingerprint density at radius 2 is 1.91 bits per heavy atom. The summed E-state index contributed by atoms with van der Waals surface area (Å²) in [6, 6.07) is 8.37. The van der Waals surface area contributed by atoms with Gasteiger partial charge in [0.05, 0.1) is 5.71 Å². The van der Waals surface area contributed by atoms with Gasteiger partial charge in [0.2, 0.25) is 5.91 Å². The molecule has 1 heterocycles. The van der Waals surface area contributed by atoms with Gasteiger partial charge in [-0.3, -0.25) is 4.79 Å². The van der Waals surface area contributed by atoms with Gasteiger partial charge in [0, 0.05) is 18.5 Å². The fourth-order valence-electron chi connectivity index (χ4n) is 3.35. The highest BCUT2D eigenvalue weighted by Gasteiger charge is 2.15. The zero-order chi connectivity index (χ0) is 15.2. The second-order valence-electron chi connectivity index (χ2n) is 6.26. The number of carbonyl (C=O) groups is 1. The summed E-state index contributed by atoms with van der Waals surface area (Å²) in [6.07, 6.45) is 7.57. The number of nitrogens with zero attached hydrogens (tertiary/aromatic N) is 2. The summed E-state index contributed by atoms with van der Waals surface area (Å²) < 4.78 is 0. The molecule has 1 aliphatic heterocycles. The van der Waals surface area contributed by atoms with Gasteiger partial charge in [-0.15, -0.1) is 0 Å². The van der Waals surface area contributed by atoms with E-state index in [-0.39, 0.29) is 5.91 Å². The first kappa shape index (κ1) is 15.2. The maximum Gasteiger partial charge on any atom is 0.241 e. The van der Waals surface area contributed by atoms with Gasteiger partial charge < -0.3 is 4.90 Å². The quantitative estimate of drug-likeness (QED) is 0.869. The van der Waals surface area contributed by atoms with Crippen LogP contribution in [0.3, 0.4) is 0 Å². The first-order valence-electron chi connectivity index (χ1n) is 8.49. The summed E-state index contributed by atoms with van der Waals surface area (Å²) in [5.74, 6) is 0.0288. The first-order chi connectivity index (χ1) is 10.8. The summed E-state index contributed by atoms with van der Waals surface area (Å²) in [5.41, 5.74) is 6.32. The SMILES string of the molecule is O=C(CCN1CCCCC1)N/N=C1\CCCc2ccccc21. The maximum atomic E-state index is 12.0. The van der Waals surface area contributed by atoms with Gasteiger partial charge in [0.15, 0.2) is 0 Å². The van der Waals surface area contributed by atoms with Gasteiger partial charge in [-0.1, -0.05) is 30.7 Å². The molecule has 0 radical (unpaired) electrons. The molecule has 1 aromatic carbocycles. The minimum absolute atomic E-state index is 0.0288. The predicted molar refractivity (Wildman–Crippen MR) is 89.0 cm³/mol. The normalized spacial score (nSPS) is 20.6. The Kier molecular flexibility index (Phi) is 5.22. The van der Waals surface area contributed by atoms with Gasteiger partial charge in [-0.05, 0) is 50.8 Å². The van der Waals surface area contributed by atoms with Crippen molar-refractivity contribution < 1.29 is 4.79 Å². The Hall–Kier alpha value is -1.68. The lowest BCUT2D eigenvalue weighted by Gasteiger charge is -2.25. The molecular formula is C18H25N3O. The summed E-state index contributed by atoms with van der Waals surface area (Å²) in [6.45, 7) is 3.12. The molecule has 0 aromatic heterocycles. The van der Waals surface area contributed by atoms with Gasteiger partial charge >= 0.3 is 0 Å². The van der Waals surface area contributed by atoms with Crippen molar-refractivity contribution in [3.05, 3.63) is 35.4 Å². The van der Waals surface area contributed by atoms with E-state index in [0.29, 0.717) is 6.42 Å². The highest BCUT2D eigenvalue weighted by Crippen LogP contribution is 2.21. The lowest BCUT2D eigenvalue weighted by molar-refractivity contribution is -0.121. The van der Waals surface area contributed by atoms with Gasteiger partial charge in [-0.25, -0.2) is 5.43 Å². The molecule has 4 heteroatoms. The monoisotopic (exact) mass is 299 g/mol. The van der Waals surface area contributed by atoms with Crippen LogP contribution in [-0.4, -0.2) is 36.2 Å². The molecule has 0 spiro atoms. The van der Waals surface area contributed by atoms with Crippen LogP contribution < -0.4 is 5.43 Å². The number of aryl methyl sites for hydroxylation is 1. The summed E-state index contributed by atoms with van der Waals surface area (Å²) >= 11 is 0. The molecule has 2 aliphatic rings. The Morgan fingerprint density at radius 3 is 2.77 bits per heavy atom. The number of piperidine rings is 1. The van der Waals surface area contributed by atoms with Crippen molar-refractivity contribution in [3.8, 4) is 0 Å². The largest absolute Gasteiger partial charge is 0.303 e. The second kappa shape index (κ2) is 7.54. The minimum atomic E-state index is 0.0288. The Balaban J connectivity index is 1.52. The molecule has 1 amide bonds. The van der Waals surface area contributed by atoms with Crippen molar-refractivity contribution in [1.82, 2.24) is 10.3 Å². The molecule has 0 atom stereocenters. The van der Waals surface area contributed by atoms with Crippen LogP contribution in [-0.2, 0) is 11.2 Å². The fraction of sp³-hybridized carbons (Fsp3) is 0.556. The molecule has 22 heavy (non-hydrogen) atoms. The summed E-state index contributed by atoms with van der Waals surface area (Å²) in [5, 5.41) is 4.39. The van der Waals surface area contributed by atoms with Crippen molar-refractivity contribution in [2.24, 2.45) is 5.10 Å². The van der Waals surface area contributed by atoms with Gasteiger partial charge in [-0.2, -0.15) is 5.10 Å². The number of likely N-dealkylation sites (tertiary alicyclic amines) is 1. The third-order valence-electron chi connectivity index (χ3n) is 4.61. The number of benzene rings is 1. The average Bonchev–Trinajstić information content (AvgIpc) is 2.59. The van der Waals surface area contributed by atoms with Crippen molar-refractivity contribution in [1.29, 1.82) is 0 Å². The van der Waals surface area contributed by atoms with Crippen molar-refractivity contribution in [3.63, 3.8) is 0 Å². The van der Waals surface area contributed by atoms with E-state index in [1.54, 1.807) is 0 Å². The van der Waals surface area contributed by atoms with Crippen molar-refractivity contribution in [2.75, 3.05) is 19.6 Å². The van der Waals surface area contributed by atoms with Gasteiger partial charge in [0.1, 0.15) is 0 Å². The van der Waals surface area contributed by atoms with Crippen LogP contribution in [0.25, 0.3) is 0 Å². The predicted octanol–water partition coefficient (Wildman–Crippen LogP) is 2.72. The molecule has 0 bridgehead atoms. The van der Waals surface area contributed by atoms with Crippen LogP contribution in [0, 0.1) is 0 Å². The number of amides is 1. The molecule has 1 saturated heterocycles. The zero-order valence-corrected chi connectivity index (χ0v) is 13.2. The van der Waals surface area contributed by atoms with Crippen LogP contribution in [0.5, 0.6) is 0 Å². The molecule has 118 valence electrons. The average molecular weight is 299 g/mol. The van der Waals surface area contributed by atoms with Crippen LogP contribution in [0.15, 0.2) is 29.4 Å². The third kappa shape index (κ3) is 3.95. The zero-order valence-electron chi connectivity index (χ0n) is 13.2. The van der Waals surface area contributed by atoms with Crippen LogP contribution in [0.2, 0.25) is 0 Å². The minimum Gasteiger partial charge on any atom is -0.303 e. The second-order valence-corrected chi connectivity index (χ2v) is 6.26. The molecule has 0 unspecified atom stereocenters. The molecule has 1 N–H and O–H groups in total. The molecule has 4 nitrogen and oxygen atoms in total. The maximum absolute atomic E-state index is 12.0. The fourth-order valence-corrected chi connectivity index (χ4v) is 3.35. The van der Waals surface area contributed by atoms with Crippen molar-refractivity contribution in [2.45, 2.75) is 44.9 Å². The van der Waals surface area contributed by atoms with E-state index in [4.69, 9.17) is 0 Å². The first-order valence-corrected chi connectivity index (χ1v) is 8.49. The molecule has 1 fully saturated rings. The molecular weight excluding hydrogens is 274 g/mol. The Bertz CT molecular complexity index is 547. The van der Waals surface area contributed by atoms with E-state index in [9.17, 15) is 4.79 Å². The van der Waals surface area contributed by atoms with E-state index in [1.807, 2.05) is 6.07 Å². The summed E-state index contributed by atoms with van der Waals surface area (Å²) in [4.78, 5) is 14.4.